The van der Waals surface area contributed by atoms with Crippen LogP contribution in [0.4, 0.5) is 0 Å². The molecule has 3 atom stereocenters. The van der Waals surface area contributed by atoms with Crippen LogP contribution in [0, 0.1) is 0 Å². The van der Waals surface area contributed by atoms with Gasteiger partial charge < -0.3 is 25.7 Å². The molecule has 5 rings (SSSR count). The predicted octanol–water partition coefficient (Wildman–Crippen LogP) is 1.87. The first kappa shape index (κ1) is 29.2. The summed E-state index contributed by atoms with van der Waals surface area (Å²) >= 11 is 0. The number of hydrogen-bond donors (Lipinski definition) is 4. The van der Waals surface area contributed by atoms with Crippen LogP contribution in [-0.4, -0.2) is 62.0 Å². The Labute approximate surface area is 247 Å². The molecule has 0 unspecified atom stereocenters. The largest absolute Gasteiger partial charge is 0.446 e. The lowest BCUT2D eigenvalue weighted by Gasteiger charge is -2.22. The van der Waals surface area contributed by atoms with Crippen molar-refractivity contribution in [1.82, 2.24) is 41.0 Å². The van der Waals surface area contributed by atoms with Crippen molar-refractivity contribution in [2.75, 3.05) is 6.54 Å². The molecule has 13 heteroatoms. The Morgan fingerprint density at radius 1 is 1.02 bits per heavy atom. The molecule has 0 saturated carbocycles. The number of aromatic nitrogens is 4. The lowest BCUT2D eigenvalue weighted by Crippen LogP contribution is -2.49. The van der Waals surface area contributed by atoms with E-state index in [-0.39, 0.29) is 17.5 Å². The number of nitrogens with zero attached hydrogens (tertiary/aromatic N) is 4. The van der Waals surface area contributed by atoms with Crippen LogP contribution in [-0.2, 0) is 16.0 Å². The van der Waals surface area contributed by atoms with E-state index in [0.29, 0.717) is 43.5 Å². The van der Waals surface area contributed by atoms with Crippen LogP contribution in [0.15, 0.2) is 77.9 Å². The number of oxazole rings is 1. The molecule has 13 nitrogen and oxygen atoms in total. The van der Waals surface area contributed by atoms with Crippen molar-refractivity contribution < 1.29 is 23.6 Å². The molecule has 0 radical (unpaired) electrons. The van der Waals surface area contributed by atoms with Gasteiger partial charge in [0, 0.05) is 13.0 Å². The van der Waals surface area contributed by atoms with Gasteiger partial charge in [0.2, 0.25) is 17.7 Å². The number of rotatable bonds is 5. The molecular formula is C30H32N8O5. The molecular weight excluding hydrogens is 552 g/mol. The number of carbonyl (C=O) groups excluding carboxylic acids is 4. The standard InChI is InChI=1S/C30H32N8O5/c1-19-30-37-24(16-43-30)29(42)36-23(15-20-9-3-2-4-10-20)27(40)32-14-8-7-12-22(28(41)34-19)35-26(39)21-11-5-6-13-25(21)38-18-31-17-33-38/h2-6,9-11,13,16-19,22-23H,7-8,12,14-15H2,1H3,(H,32,40)(H,34,41)(H,35,39)(H,36,42)/t19-,22-,23-/m0/s1. The van der Waals surface area contributed by atoms with Crippen molar-refractivity contribution in [2.45, 2.75) is 50.7 Å². The Bertz CT molecular complexity index is 1570. The summed E-state index contributed by atoms with van der Waals surface area (Å²) in [6.45, 7) is 1.99. The number of hydrogen-bond acceptors (Lipinski definition) is 8. The summed E-state index contributed by atoms with van der Waals surface area (Å²) in [4.78, 5) is 61.1. The van der Waals surface area contributed by atoms with Crippen molar-refractivity contribution in [3.8, 4) is 5.69 Å². The number of amides is 4. The van der Waals surface area contributed by atoms with Crippen molar-refractivity contribution in [3.05, 3.63) is 96.2 Å². The van der Waals surface area contributed by atoms with Crippen LogP contribution in [0.25, 0.3) is 5.69 Å². The zero-order chi connectivity index (χ0) is 30.2. The SMILES string of the molecule is C[C@@H]1NC(=O)[C@@H](NC(=O)c2ccccc2-n2cncn2)CCCCNC(=O)[C@H](Cc2ccccc2)NC(=O)c2coc1n2. The molecule has 0 aliphatic carbocycles. The normalized spacial score (nSPS) is 20.0. The first-order valence-electron chi connectivity index (χ1n) is 14.0. The summed E-state index contributed by atoms with van der Waals surface area (Å²) in [5, 5.41) is 15.4. The summed E-state index contributed by atoms with van der Waals surface area (Å²) in [5.74, 6) is -1.71. The second-order valence-electron chi connectivity index (χ2n) is 10.2. The molecule has 222 valence electrons. The first-order chi connectivity index (χ1) is 20.9. The van der Waals surface area contributed by atoms with Gasteiger partial charge in [-0.15, -0.1) is 0 Å². The van der Waals surface area contributed by atoms with Gasteiger partial charge in [0.25, 0.3) is 11.8 Å². The van der Waals surface area contributed by atoms with Crippen LogP contribution in [0.1, 0.15) is 64.5 Å². The Morgan fingerprint density at radius 3 is 2.60 bits per heavy atom. The van der Waals surface area contributed by atoms with Gasteiger partial charge in [0.05, 0.1) is 11.3 Å². The second kappa shape index (κ2) is 13.6. The van der Waals surface area contributed by atoms with Crippen molar-refractivity contribution in [1.29, 1.82) is 0 Å². The van der Waals surface area contributed by atoms with E-state index in [9.17, 15) is 19.2 Å². The van der Waals surface area contributed by atoms with E-state index in [1.165, 1.54) is 23.6 Å². The van der Waals surface area contributed by atoms with E-state index in [1.807, 2.05) is 30.3 Å². The molecule has 4 amide bonds. The highest BCUT2D eigenvalue weighted by molar-refractivity contribution is 6.00. The molecule has 1 aliphatic heterocycles. The molecule has 0 spiro atoms. The highest BCUT2D eigenvalue weighted by Crippen LogP contribution is 2.16. The third-order valence-electron chi connectivity index (χ3n) is 7.04. The van der Waals surface area contributed by atoms with E-state index in [0.717, 1.165) is 5.56 Å². The fraction of sp³-hybridized carbons (Fsp3) is 0.300. The van der Waals surface area contributed by atoms with E-state index in [4.69, 9.17) is 4.42 Å². The number of nitrogens with one attached hydrogen (secondary N) is 4. The lowest BCUT2D eigenvalue weighted by molar-refractivity contribution is -0.124. The summed E-state index contributed by atoms with van der Waals surface area (Å²) in [7, 11) is 0. The Morgan fingerprint density at radius 2 is 1.81 bits per heavy atom. The molecule has 2 aromatic carbocycles. The maximum atomic E-state index is 13.4. The van der Waals surface area contributed by atoms with E-state index < -0.39 is 35.8 Å². The van der Waals surface area contributed by atoms with Gasteiger partial charge in [-0.25, -0.2) is 14.6 Å². The summed E-state index contributed by atoms with van der Waals surface area (Å²) in [6, 6.07) is 13.8. The smallest absolute Gasteiger partial charge is 0.273 e. The van der Waals surface area contributed by atoms with Crippen molar-refractivity contribution >= 4 is 23.6 Å². The molecule has 0 fully saturated rings. The van der Waals surface area contributed by atoms with Crippen LogP contribution < -0.4 is 21.3 Å². The Balaban J connectivity index is 1.34. The first-order valence-corrected chi connectivity index (χ1v) is 14.0. The summed E-state index contributed by atoms with van der Waals surface area (Å²) in [6.07, 6.45) is 5.71. The zero-order valence-corrected chi connectivity index (χ0v) is 23.5. The number of fused-ring (bicyclic) bond motifs is 2. The van der Waals surface area contributed by atoms with Gasteiger partial charge in [-0.1, -0.05) is 42.5 Å². The monoisotopic (exact) mass is 584 g/mol. The van der Waals surface area contributed by atoms with Crippen molar-refractivity contribution in [2.24, 2.45) is 0 Å². The van der Waals surface area contributed by atoms with Crippen LogP contribution in [0.3, 0.4) is 0 Å². The number of carbonyl (C=O) groups is 4. The number of para-hydroxylation sites is 1. The fourth-order valence-corrected chi connectivity index (χ4v) is 4.77. The maximum absolute atomic E-state index is 13.4. The highest BCUT2D eigenvalue weighted by Gasteiger charge is 2.28. The molecule has 4 aromatic rings. The molecule has 0 saturated heterocycles. The average Bonchev–Trinajstić information content (AvgIpc) is 3.73. The zero-order valence-electron chi connectivity index (χ0n) is 23.5. The molecule has 43 heavy (non-hydrogen) atoms. The maximum Gasteiger partial charge on any atom is 0.273 e. The predicted molar refractivity (Wildman–Crippen MR) is 154 cm³/mol. The van der Waals surface area contributed by atoms with E-state index >= 15 is 0 Å². The minimum absolute atomic E-state index is 0.0244. The van der Waals surface area contributed by atoms with Gasteiger partial charge in [-0.05, 0) is 43.9 Å². The summed E-state index contributed by atoms with van der Waals surface area (Å²) < 4.78 is 6.98. The molecule has 4 N–H and O–H groups in total. The topological polar surface area (TPSA) is 173 Å². The lowest BCUT2D eigenvalue weighted by atomic mass is 10.0. The van der Waals surface area contributed by atoms with Crippen molar-refractivity contribution in [3.63, 3.8) is 0 Å². The number of benzene rings is 2. The van der Waals surface area contributed by atoms with Gasteiger partial charge in [-0.3, -0.25) is 19.2 Å². The van der Waals surface area contributed by atoms with Crippen LogP contribution in [0.2, 0.25) is 0 Å². The van der Waals surface area contributed by atoms with Gasteiger partial charge in [0.15, 0.2) is 5.69 Å². The van der Waals surface area contributed by atoms with E-state index in [1.54, 1.807) is 31.2 Å². The van der Waals surface area contributed by atoms with Gasteiger partial charge in [-0.2, -0.15) is 5.10 Å². The highest BCUT2D eigenvalue weighted by atomic mass is 16.3. The third kappa shape index (κ3) is 7.31. The molecule has 2 bridgehead atoms. The minimum atomic E-state index is -0.897. The minimum Gasteiger partial charge on any atom is -0.446 e. The Hall–Kier alpha value is -5.33. The second-order valence-corrected chi connectivity index (χ2v) is 10.2. The molecule has 2 aromatic heterocycles. The van der Waals surface area contributed by atoms with Gasteiger partial charge in [0.1, 0.15) is 37.0 Å². The third-order valence-corrected chi connectivity index (χ3v) is 7.04. The summed E-state index contributed by atoms with van der Waals surface area (Å²) in [5.41, 5.74) is 1.70. The van der Waals surface area contributed by atoms with Crippen LogP contribution >= 0.6 is 0 Å². The van der Waals surface area contributed by atoms with E-state index in [2.05, 4.69) is 36.3 Å². The molecule has 1 aliphatic rings. The quantitative estimate of drug-likeness (QED) is 0.275. The van der Waals surface area contributed by atoms with Gasteiger partial charge >= 0.3 is 0 Å². The van der Waals surface area contributed by atoms with Crippen LogP contribution in [0.5, 0.6) is 0 Å². The average molecular weight is 585 g/mol. The fourth-order valence-electron chi connectivity index (χ4n) is 4.77. The molecule has 3 heterocycles. The Kier molecular flexibility index (Phi) is 9.20.